The lowest BCUT2D eigenvalue weighted by Crippen LogP contribution is -2.23. The van der Waals surface area contributed by atoms with E-state index in [9.17, 15) is 9.59 Å². The number of carbonyl (C=O) groups excluding carboxylic acids is 1. The molecule has 0 radical (unpaired) electrons. The van der Waals surface area contributed by atoms with Crippen LogP contribution >= 0.6 is 0 Å². The summed E-state index contributed by atoms with van der Waals surface area (Å²) in [5.41, 5.74) is 7.76. The van der Waals surface area contributed by atoms with Crippen LogP contribution in [-0.4, -0.2) is 21.6 Å². The average Bonchev–Trinajstić information content (AvgIpc) is 3.45. The van der Waals surface area contributed by atoms with Crippen molar-refractivity contribution >= 4 is 34.2 Å². The quantitative estimate of drug-likeness (QED) is 0.172. The van der Waals surface area contributed by atoms with Crippen molar-refractivity contribution in [2.75, 3.05) is 5.32 Å². The monoisotopic (exact) mass is 551 g/mol. The average molecular weight is 552 g/mol. The number of para-hydroxylation sites is 1. The highest BCUT2D eigenvalue weighted by Crippen LogP contribution is 2.31. The SMILES string of the molecule is O=C(O)c1ccc(CNC(=O)c2ccc(Nc3ccccc3)c3ccn(Cc4ccc(-c5ccccc5)cc4)c23)cc1. The Kier molecular flexibility index (Phi) is 7.51. The van der Waals surface area contributed by atoms with Crippen LogP contribution in [0.2, 0.25) is 0 Å². The van der Waals surface area contributed by atoms with E-state index >= 15 is 0 Å². The maximum atomic E-state index is 13.5. The number of rotatable bonds is 9. The summed E-state index contributed by atoms with van der Waals surface area (Å²) in [6, 6.07) is 41.1. The Morgan fingerprint density at radius 1 is 0.667 bits per heavy atom. The number of amides is 1. The van der Waals surface area contributed by atoms with Crippen LogP contribution in [0, 0.1) is 0 Å². The summed E-state index contributed by atoms with van der Waals surface area (Å²) in [5, 5.41) is 16.6. The number of fused-ring (bicyclic) bond motifs is 1. The zero-order chi connectivity index (χ0) is 28.9. The molecule has 0 aliphatic heterocycles. The van der Waals surface area contributed by atoms with E-state index in [4.69, 9.17) is 5.11 Å². The molecule has 42 heavy (non-hydrogen) atoms. The van der Waals surface area contributed by atoms with Crippen molar-refractivity contribution in [2.24, 2.45) is 0 Å². The number of carbonyl (C=O) groups is 2. The Balaban J connectivity index is 1.31. The van der Waals surface area contributed by atoms with Crippen LogP contribution in [0.25, 0.3) is 22.0 Å². The normalized spacial score (nSPS) is 10.9. The van der Waals surface area contributed by atoms with Gasteiger partial charge in [0.05, 0.1) is 16.6 Å². The molecule has 1 amide bonds. The van der Waals surface area contributed by atoms with Gasteiger partial charge in [-0.3, -0.25) is 4.79 Å². The highest BCUT2D eigenvalue weighted by Gasteiger charge is 2.17. The summed E-state index contributed by atoms with van der Waals surface area (Å²) in [6.07, 6.45) is 2.02. The summed E-state index contributed by atoms with van der Waals surface area (Å²) in [4.78, 5) is 24.7. The van der Waals surface area contributed by atoms with Crippen molar-refractivity contribution in [1.29, 1.82) is 0 Å². The molecule has 0 aliphatic carbocycles. The fourth-order valence-electron chi connectivity index (χ4n) is 5.10. The second kappa shape index (κ2) is 11.9. The number of benzene rings is 5. The third kappa shape index (κ3) is 5.78. The molecular weight excluding hydrogens is 522 g/mol. The second-order valence-corrected chi connectivity index (χ2v) is 10.1. The largest absolute Gasteiger partial charge is 0.478 e. The van der Waals surface area contributed by atoms with E-state index in [1.807, 2.05) is 72.9 Å². The number of aromatic nitrogens is 1. The molecule has 0 aliphatic rings. The van der Waals surface area contributed by atoms with E-state index in [0.717, 1.165) is 39.0 Å². The molecule has 0 saturated carbocycles. The van der Waals surface area contributed by atoms with Gasteiger partial charge >= 0.3 is 5.97 Å². The van der Waals surface area contributed by atoms with Crippen molar-refractivity contribution in [2.45, 2.75) is 13.1 Å². The van der Waals surface area contributed by atoms with Gasteiger partial charge in [-0.25, -0.2) is 4.79 Å². The maximum Gasteiger partial charge on any atom is 0.335 e. The standard InChI is InChI=1S/C36H29N3O3/c40-35(37-23-25-11-17-29(18-12-25)36(41)42)32-19-20-33(38-30-9-5-2-6-10-30)31-21-22-39(34(31)32)24-26-13-15-28(16-14-26)27-7-3-1-4-8-27/h1-22,38H,23-24H2,(H,37,40)(H,41,42). The van der Waals surface area contributed by atoms with Gasteiger partial charge < -0.3 is 20.3 Å². The molecule has 5 aromatic carbocycles. The highest BCUT2D eigenvalue weighted by atomic mass is 16.4. The van der Waals surface area contributed by atoms with Gasteiger partial charge in [0, 0.05) is 36.0 Å². The van der Waals surface area contributed by atoms with E-state index in [2.05, 4.69) is 51.6 Å². The Morgan fingerprint density at radius 3 is 2.00 bits per heavy atom. The van der Waals surface area contributed by atoms with Crippen molar-refractivity contribution < 1.29 is 14.7 Å². The number of aromatic carboxylic acids is 1. The Hall–Kier alpha value is -5.62. The summed E-state index contributed by atoms with van der Waals surface area (Å²) in [5.74, 6) is -1.18. The van der Waals surface area contributed by atoms with E-state index in [-0.39, 0.29) is 18.0 Å². The fourth-order valence-corrected chi connectivity index (χ4v) is 5.10. The lowest BCUT2D eigenvalue weighted by molar-refractivity contribution is 0.0696. The third-order valence-corrected chi connectivity index (χ3v) is 7.29. The molecule has 0 bridgehead atoms. The molecule has 3 N–H and O–H groups in total. The lowest BCUT2D eigenvalue weighted by Gasteiger charge is -2.14. The maximum absolute atomic E-state index is 13.5. The minimum absolute atomic E-state index is 0.201. The fraction of sp³-hybridized carbons (Fsp3) is 0.0556. The molecule has 0 spiro atoms. The van der Waals surface area contributed by atoms with Crippen molar-refractivity contribution in [1.82, 2.24) is 9.88 Å². The number of hydrogen-bond donors (Lipinski definition) is 3. The predicted octanol–water partition coefficient (Wildman–Crippen LogP) is 7.73. The first kappa shape index (κ1) is 26.6. The summed E-state index contributed by atoms with van der Waals surface area (Å²) in [6.45, 7) is 0.885. The lowest BCUT2D eigenvalue weighted by atomic mass is 10.0. The Labute approximate surface area is 243 Å². The predicted molar refractivity (Wildman–Crippen MR) is 167 cm³/mol. The molecule has 1 heterocycles. The van der Waals surface area contributed by atoms with Gasteiger partial charge in [0.25, 0.3) is 5.91 Å². The van der Waals surface area contributed by atoms with Gasteiger partial charge in [0.2, 0.25) is 0 Å². The third-order valence-electron chi connectivity index (χ3n) is 7.29. The van der Waals surface area contributed by atoms with Gasteiger partial charge in [-0.2, -0.15) is 0 Å². The molecular formula is C36H29N3O3. The van der Waals surface area contributed by atoms with E-state index in [0.29, 0.717) is 12.1 Å². The van der Waals surface area contributed by atoms with Crippen LogP contribution in [0.4, 0.5) is 11.4 Å². The van der Waals surface area contributed by atoms with E-state index < -0.39 is 5.97 Å². The minimum Gasteiger partial charge on any atom is -0.478 e. The van der Waals surface area contributed by atoms with E-state index in [1.54, 1.807) is 24.3 Å². The zero-order valence-corrected chi connectivity index (χ0v) is 22.8. The number of carboxylic acid groups (broad SMARTS) is 1. The van der Waals surface area contributed by atoms with Gasteiger partial charge in [-0.1, -0.05) is 84.9 Å². The van der Waals surface area contributed by atoms with Crippen LogP contribution in [-0.2, 0) is 13.1 Å². The van der Waals surface area contributed by atoms with Gasteiger partial charge in [0.1, 0.15) is 0 Å². The molecule has 1 aromatic heterocycles. The second-order valence-electron chi connectivity index (χ2n) is 10.1. The molecule has 6 aromatic rings. The van der Waals surface area contributed by atoms with Crippen LogP contribution in [0.15, 0.2) is 134 Å². The van der Waals surface area contributed by atoms with Crippen LogP contribution in [0.1, 0.15) is 31.8 Å². The number of carboxylic acids is 1. The number of hydrogen-bond acceptors (Lipinski definition) is 3. The van der Waals surface area contributed by atoms with Gasteiger partial charge in [-0.05, 0) is 64.7 Å². The molecule has 206 valence electrons. The molecule has 0 atom stereocenters. The van der Waals surface area contributed by atoms with Gasteiger partial charge in [-0.15, -0.1) is 0 Å². The number of nitrogens with zero attached hydrogens (tertiary/aromatic N) is 1. The first-order valence-electron chi connectivity index (χ1n) is 13.7. The van der Waals surface area contributed by atoms with Crippen molar-refractivity contribution in [3.8, 4) is 11.1 Å². The summed E-state index contributed by atoms with van der Waals surface area (Å²) in [7, 11) is 0. The zero-order valence-electron chi connectivity index (χ0n) is 22.8. The molecule has 0 saturated heterocycles. The van der Waals surface area contributed by atoms with Crippen LogP contribution in [0.3, 0.4) is 0 Å². The molecule has 6 heteroatoms. The summed E-state index contributed by atoms with van der Waals surface area (Å²) >= 11 is 0. The van der Waals surface area contributed by atoms with Crippen molar-refractivity contribution in [3.05, 3.63) is 156 Å². The van der Waals surface area contributed by atoms with Crippen LogP contribution < -0.4 is 10.6 Å². The molecule has 6 nitrogen and oxygen atoms in total. The highest BCUT2D eigenvalue weighted by molar-refractivity contribution is 6.09. The van der Waals surface area contributed by atoms with Gasteiger partial charge in [0.15, 0.2) is 0 Å². The van der Waals surface area contributed by atoms with E-state index in [1.165, 1.54) is 5.56 Å². The molecule has 0 fully saturated rings. The molecule has 6 rings (SSSR count). The summed E-state index contributed by atoms with van der Waals surface area (Å²) < 4.78 is 2.11. The van der Waals surface area contributed by atoms with Crippen molar-refractivity contribution in [3.63, 3.8) is 0 Å². The molecule has 0 unspecified atom stereocenters. The van der Waals surface area contributed by atoms with Crippen LogP contribution in [0.5, 0.6) is 0 Å². The Morgan fingerprint density at radius 2 is 1.31 bits per heavy atom. The number of nitrogens with one attached hydrogen (secondary N) is 2. The first-order valence-corrected chi connectivity index (χ1v) is 13.7. The topological polar surface area (TPSA) is 83.4 Å². The first-order chi connectivity index (χ1) is 20.5. The smallest absolute Gasteiger partial charge is 0.335 e. The Bertz CT molecular complexity index is 1840. The number of anilines is 2. The minimum atomic E-state index is -0.979.